The number of rotatable bonds is 4. The molecule has 5 heteroatoms. The summed E-state index contributed by atoms with van der Waals surface area (Å²) >= 11 is 0. The van der Waals surface area contributed by atoms with Crippen LogP contribution in [0.3, 0.4) is 0 Å². The van der Waals surface area contributed by atoms with Gasteiger partial charge in [-0.05, 0) is 55.3 Å². The van der Waals surface area contributed by atoms with Crippen molar-refractivity contribution in [1.82, 2.24) is 9.97 Å². The van der Waals surface area contributed by atoms with Crippen LogP contribution in [0.25, 0.3) is 0 Å². The highest BCUT2D eigenvalue weighted by molar-refractivity contribution is 6.43. The number of carbonyl (C=O) groups excluding carboxylic acids is 1. The fourth-order valence-electron chi connectivity index (χ4n) is 3.98. The Labute approximate surface area is 169 Å². The largest absolute Gasteiger partial charge is 0.292 e. The third kappa shape index (κ3) is 3.09. The summed E-state index contributed by atoms with van der Waals surface area (Å²) in [6.45, 7) is 4.50. The lowest BCUT2D eigenvalue weighted by molar-refractivity contribution is -0.114. The molecule has 2 aliphatic heterocycles. The fourth-order valence-corrected chi connectivity index (χ4v) is 3.98. The predicted octanol–water partition coefficient (Wildman–Crippen LogP) is 4.14. The summed E-state index contributed by atoms with van der Waals surface area (Å²) in [6, 6.07) is 14.0. The molecule has 0 fully saturated rings. The third-order valence-electron chi connectivity index (χ3n) is 5.57. The number of hydrogen-bond donors (Lipinski definition) is 0. The van der Waals surface area contributed by atoms with E-state index in [4.69, 9.17) is 9.98 Å². The van der Waals surface area contributed by atoms with Crippen molar-refractivity contribution in [3.63, 3.8) is 0 Å². The van der Waals surface area contributed by atoms with Gasteiger partial charge in [0.15, 0.2) is 5.78 Å². The first-order chi connectivity index (χ1) is 14.1. The normalized spacial score (nSPS) is 15.4. The van der Waals surface area contributed by atoms with Gasteiger partial charge in [0.2, 0.25) is 0 Å². The molecule has 2 aliphatic rings. The Balaban J connectivity index is 1.45. The molecule has 29 heavy (non-hydrogen) atoms. The van der Waals surface area contributed by atoms with Crippen LogP contribution in [0.1, 0.15) is 46.5 Å². The standard InChI is InChI=1S/C24H20N4O/c1-14-4-3-5-20(27-14)15(2)24(29)22-11-17-10-18-13-26-23(16-6-8-25-9-7-16)19(18)12-21(17)28-22/h3-10,12,15H,11,13H2,1-2H3/t15-/m0/s1. The molecule has 4 heterocycles. The van der Waals surface area contributed by atoms with E-state index < -0.39 is 0 Å². The molecule has 0 aliphatic carbocycles. The molecule has 1 atom stereocenters. The van der Waals surface area contributed by atoms with E-state index in [1.807, 2.05) is 44.2 Å². The minimum atomic E-state index is -0.302. The van der Waals surface area contributed by atoms with Crippen LogP contribution in [0, 0.1) is 6.92 Å². The maximum Gasteiger partial charge on any atom is 0.186 e. The van der Waals surface area contributed by atoms with Gasteiger partial charge in [0.25, 0.3) is 0 Å². The zero-order valence-corrected chi connectivity index (χ0v) is 16.4. The smallest absolute Gasteiger partial charge is 0.186 e. The molecule has 1 aromatic carbocycles. The molecule has 0 radical (unpaired) electrons. The number of benzene rings is 1. The van der Waals surface area contributed by atoms with Gasteiger partial charge in [-0.1, -0.05) is 12.1 Å². The average molecular weight is 380 g/mol. The fraction of sp³-hybridized carbons (Fsp3) is 0.208. The van der Waals surface area contributed by atoms with E-state index in [0.29, 0.717) is 18.7 Å². The number of pyridine rings is 2. The number of nitrogens with zero attached hydrogens (tertiary/aromatic N) is 4. The molecule has 5 nitrogen and oxygen atoms in total. The number of aromatic nitrogens is 2. The van der Waals surface area contributed by atoms with Crippen molar-refractivity contribution in [1.29, 1.82) is 0 Å². The summed E-state index contributed by atoms with van der Waals surface area (Å²) in [5, 5.41) is 0. The third-order valence-corrected chi connectivity index (χ3v) is 5.57. The average Bonchev–Trinajstić information content (AvgIpc) is 3.35. The maximum atomic E-state index is 13.1. The highest BCUT2D eigenvalue weighted by Crippen LogP contribution is 2.35. The Morgan fingerprint density at radius 1 is 1.07 bits per heavy atom. The SMILES string of the molecule is Cc1cccc([C@H](C)C(=O)C2=Nc3cc4c(cc3C2)CN=C4c2ccncc2)n1. The highest BCUT2D eigenvalue weighted by atomic mass is 16.1. The summed E-state index contributed by atoms with van der Waals surface area (Å²) in [5.74, 6) is -0.258. The molecule has 0 saturated heterocycles. The molecule has 0 unspecified atom stereocenters. The minimum absolute atomic E-state index is 0.0440. The van der Waals surface area contributed by atoms with Crippen molar-refractivity contribution in [3.05, 3.63) is 88.5 Å². The maximum absolute atomic E-state index is 13.1. The van der Waals surface area contributed by atoms with Crippen molar-refractivity contribution < 1.29 is 4.79 Å². The van der Waals surface area contributed by atoms with Gasteiger partial charge < -0.3 is 0 Å². The Hall–Kier alpha value is -3.47. The molecular weight excluding hydrogens is 360 g/mol. The number of aryl methyl sites for hydroxylation is 1. The molecule has 0 amide bonds. The van der Waals surface area contributed by atoms with Gasteiger partial charge >= 0.3 is 0 Å². The first-order valence-electron chi connectivity index (χ1n) is 9.76. The monoisotopic (exact) mass is 380 g/mol. The van der Waals surface area contributed by atoms with Gasteiger partial charge in [0, 0.05) is 35.6 Å². The topological polar surface area (TPSA) is 67.6 Å². The Bertz CT molecular complexity index is 1190. The van der Waals surface area contributed by atoms with E-state index in [9.17, 15) is 4.79 Å². The molecular formula is C24H20N4O. The Morgan fingerprint density at radius 2 is 1.90 bits per heavy atom. The first-order valence-corrected chi connectivity index (χ1v) is 9.76. The van der Waals surface area contributed by atoms with Crippen molar-refractivity contribution in [2.24, 2.45) is 9.98 Å². The van der Waals surface area contributed by atoms with Crippen LogP contribution in [-0.4, -0.2) is 27.2 Å². The van der Waals surface area contributed by atoms with Crippen LogP contribution in [0.2, 0.25) is 0 Å². The van der Waals surface area contributed by atoms with Crippen LogP contribution in [-0.2, 0) is 17.8 Å². The summed E-state index contributed by atoms with van der Waals surface area (Å²) in [6.07, 6.45) is 4.12. The minimum Gasteiger partial charge on any atom is -0.292 e. The number of Topliss-reactive ketones (excluding diaryl/α,β-unsaturated/α-hetero) is 1. The lowest BCUT2D eigenvalue weighted by Gasteiger charge is -2.10. The van der Waals surface area contributed by atoms with E-state index in [2.05, 4.69) is 22.1 Å². The number of ketones is 1. The van der Waals surface area contributed by atoms with Crippen LogP contribution in [0.5, 0.6) is 0 Å². The Kier molecular flexibility index (Phi) is 4.16. The van der Waals surface area contributed by atoms with Crippen molar-refractivity contribution in [3.8, 4) is 0 Å². The van der Waals surface area contributed by atoms with E-state index >= 15 is 0 Å². The molecule has 0 spiro atoms. The predicted molar refractivity (Wildman–Crippen MR) is 113 cm³/mol. The summed E-state index contributed by atoms with van der Waals surface area (Å²) in [7, 11) is 0. The molecule has 0 bridgehead atoms. The summed E-state index contributed by atoms with van der Waals surface area (Å²) < 4.78 is 0. The quantitative estimate of drug-likeness (QED) is 0.683. The second kappa shape index (κ2) is 6.85. The number of fused-ring (bicyclic) bond motifs is 2. The van der Waals surface area contributed by atoms with E-state index in [-0.39, 0.29) is 11.7 Å². The van der Waals surface area contributed by atoms with Crippen molar-refractivity contribution >= 4 is 22.9 Å². The lowest BCUT2D eigenvalue weighted by atomic mass is 9.94. The van der Waals surface area contributed by atoms with Gasteiger partial charge in [-0.2, -0.15) is 0 Å². The van der Waals surface area contributed by atoms with Gasteiger partial charge in [-0.3, -0.25) is 19.8 Å². The zero-order valence-electron chi connectivity index (χ0n) is 16.4. The second-order valence-corrected chi connectivity index (χ2v) is 7.56. The number of hydrogen-bond acceptors (Lipinski definition) is 5. The van der Waals surface area contributed by atoms with Gasteiger partial charge in [0.1, 0.15) is 0 Å². The molecule has 2 aromatic heterocycles. The molecule has 0 N–H and O–H groups in total. The zero-order chi connectivity index (χ0) is 20.0. The summed E-state index contributed by atoms with van der Waals surface area (Å²) in [5.41, 5.74) is 8.61. The number of aliphatic imine (C=N–C) groups is 2. The van der Waals surface area contributed by atoms with Crippen LogP contribution >= 0.6 is 0 Å². The molecule has 5 rings (SSSR count). The van der Waals surface area contributed by atoms with Crippen molar-refractivity contribution in [2.75, 3.05) is 0 Å². The second-order valence-electron chi connectivity index (χ2n) is 7.56. The van der Waals surface area contributed by atoms with Gasteiger partial charge in [0.05, 0.1) is 35.3 Å². The van der Waals surface area contributed by atoms with Crippen LogP contribution in [0.15, 0.2) is 64.8 Å². The molecule has 0 saturated carbocycles. The van der Waals surface area contributed by atoms with Gasteiger partial charge in [-0.25, -0.2) is 4.99 Å². The van der Waals surface area contributed by atoms with E-state index in [1.165, 1.54) is 5.56 Å². The van der Waals surface area contributed by atoms with E-state index in [1.54, 1.807) is 12.4 Å². The van der Waals surface area contributed by atoms with Gasteiger partial charge in [-0.15, -0.1) is 0 Å². The van der Waals surface area contributed by atoms with E-state index in [0.717, 1.165) is 39.5 Å². The van der Waals surface area contributed by atoms with Crippen LogP contribution in [0.4, 0.5) is 5.69 Å². The summed E-state index contributed by atoms with van der Waals surface area (Å²) in [4.78, 5) is 31.1. The van der Waals surface area contributed by atoms with Crippen molar-refractivity contribution in [2.45, 2.75) is 32.7 Å². The highest BCUT2D eigenvalue weighted by Gasteiger charge is 2.28. The van der Waals surface area contributed by atoms with Crippen LogP contribution < -0.4 is 0 Å². The number of carbonyl (C=O) groups is 1. The molecule has 3 aromatic rings. The lowest BCUT2D eigenvalue weighted by Crippen LogP contribution is -2.21. The first kappa shape index (κ1) is 17.6. The Morgan fingerprint density at radius 3 is 2.69 bits per heavy atom. The molecule has 142 valence electrons.